The fourth-order valence-corrected chi connectivity index (χ4v) is 0.741. The van der Waals surface area contributed by atoms with Crippen molar-refractivity contribution >= 4 is 23.7 Å². The SMILES string of the molecule is O=CC(=O)c1ccoc1Cl. The number of hydrogen-bond donors (Lipinski definition) is 0. The minimum Gasteiger partial charge on any atom is -0.452 e. The number of ketones is 1. The van der Waals surface area contributed by atoms with Gasteiger partial charge in [0.05, 0.1) is 11.8 Å². The number of rotatable bonds is 2. The predicted molar refractivity (Wildman–Crippen MR) is 34.1 cm³/mol. The van der Waals surface area contributed by atoms with Gasteiger partial charge in [0.1, 0.15) is 0 Å². The van der Waals surface area contributed by atoms with Crippen molar-refractivity contribution < 1.29 is 14.0 Å². The van der Waals surface area contributed by atoms with E-state index in [9.17, 15) is 9.59 Å². The molecule has 0 saturated heterocycles. The van der Waals surface area contributed by atoms with Crippen LogP contribution in [0.25, 0.3) is 0 Å². The normalized spacial score (nSPS) is 9.30. The van der Waals surface area contributed by atoms with Crippen molar-refractivity contribution in [3.05, 3.63) is 23.1 Å². The quantitative estimate of drug-likeness (QED) is 0.371. The van der Waals surface area contributed by atoms with E-state index >= 15 is 0 Å². The third kappa shape index (κ3) is 1.09. The maximum Gasteiger partial charge on any atom is 0.230 e. The lowest BCUT2D eigenvalue weighted by molar-refractivity contribution is -0.104. The van der Waals surface area contributed by atoms with Gasteiger partial charge in [-0.15, -0.1) is 0 Å². The fraction of sp³-hybridized carbons (Fsp3) is 0. The second kappa shape index (κ2) is 2.66. The molecule has 52 valence electrons. The van der Waals surface area contributed by atoms with E-state index in [2.05, 4.69) is 4.42 Å². The standard InChI is InChI=1S/C6H3ClO3/c7-6-4(1-2-10-6)5(9)3-8/h1-3H. The summed E-state index contributed by atoms with van der Waals surface area (Å²) >= 11 is 5.37. The van der Waals surface area contributed by atoms with Crippen LogP contribution in [-0.4, -0.2) is 12.1 Å². The number of furan rings is 1. The molecule has 0 aliphatic heterocycles. The summed E-state index contributed by atoms with van der Waals surface area (Å²) in [6.45, 7) is 0. The van der Waals surface area contributed by atoms with Crippen LogP contribution in [0.3, 0.4) is 0 Å². The molecular weight excluding hydrogens is 156 g/mol. The summed E-state index contributed by atoms with van der Waals surface area (Å²) in [6.07, 6.45) is 1.44. The zero-order chi connectivity index (χ0) is 7.56. The molecule has 10 heavy (non-hydrogen) atoms. The number of halogens is 1. The lowest BCUT2D eigenvalue weighted by Gasteiger charge is -1.83. The predicted octanol–water partition coefficient (Wildman–Crippen LogP) is 1.31. The van der Waals surface area contributed by atoms with E-state index < -0.39 is 5.78 Å². The summed E-state index contributed by atoms with van der Waals surface area (Å²) in [6, 6.07) is 1.35. The van der Waals surface area contributed by atoms with E-state index in [1.165, 1.54) is 12.3 Å². The highest BCUT2D eigenvalue weighted by molar-refractivity contribution is 6.40. The Morgan fingerprint density at radius 3 is 2.80 bits per heavy atom. The summed E-state index contributed by atoms with van der Waals surface area (Å²) in [5.41, 5.74) is 0.108. The van der Waals surface area contributed by atoms with Crippen LogP contribution in [0, 0.1) is 0 Å². The molecule has 1 aromatic rings. The maximum atomic E-state index is 10.6. The lowest BCUT2D eigenvalue weighted by atomic mass is 10.2. The van der Waals surface area contributed by atoms with Crippen LogP contribution in [0.1, 0.15) is 10.4 Å². The topological polar surface area (TPSA) is 47.3 Å². The van der Waals surface area contributed by atoms with Gasteiger partial charge in [-0.1, -0.05) is 0 Å². The minimum atomic E-state index is -0.668. The van der Waals surface area contributed by atoms with E-state index in [0.717, 1.165) is 0 Å². The Morgan fingerprint density at radius 2 is 2.40 bits per heavy atom. The highest BCUT2D eigenvalue weighted by Gasteiger charge is 2.10. The van der Waals surface area contributed by atoms with Crippen LogP contribution < -0.4 is 0 Å². The van der Waals surface area contributed by atoms with Gasteiger partial charge in [-0.25, -0.2) is 0 Å². The molecule has 1 heterocycles. The summed E-state index contributed by atoms with van der Waals surface area (Å²) in [5, 5.41) is -0.0444. The molecule has 0 fully saturated rings. The summed E-state index contributed by atoms with van der Waals surface area (Å²) in [7, 11) is 0. The third-order valence-corrected chi connectivity index (χ3v) is 1.28. The van der Waals surface area contributed by atoms with Crippen LogP contribution in [0.5, 0.6) is 0 Å². The Balaban J connectivity index is 3.04. The number of Topliss-reactive ketones (excluding diaryl/α,β-unsaturated/α-hetero) is 1. The Hall–Kier alpha value is -1.09. The summed E-state index contributed by atoms with van der Waals surface area (Å²) in [4.78, 5) is 20.5. The molecule has 0 aromatic carbocycles. The first-order valence-electron chi connectivity index (χ1n) is 2.48. The molecule has 1 rings (SSSR count). The number of aldehydes is 1. The molecule has 4 heteroatoms. The van der Waals surface area contributed by atoms with Gasteiger partial charge in [0.2, 0.25) is 11.0 Å². The first-order chi connectivity index (χ1) is 4.75. The van der Waals surface area contributed by atoms with Crippen LogP contribution >= 0.6 is 11.6 Å². The third-order valence-electron chi connectivity index (χ3n) is 0.990. The number of hydrogen-bond acceptors (Lipinski definition) is 3. The Kier molecular flexibility index (Phi) is 1.87. The Bertz CT molecular complexity index is 264. The summed E-state index contributed by atoms with van der Waals surface area (Å²) < 4.78 is 4.57. The van der Waals surface area contributed by atoms with Crippen molar-refractivity contribution in [3.8, 4) is 0 Å². The second-order valence-corrected chi connectivity index (χ2v) is 1.93. The molecule has 0 atom stereocenters. The Morgan fingerprint density at radius 1 is 1.70 bits per heavy atom. The highest BCUT2D eigenvalue weighted by atomic mass is 35.5. The van der Waals surface area contributed by atoms with E-state index in [1.54, 1.807) is 0 Å². The molecular formula is C6H3ClO3. The molecule has 0 spiro atoms. The minimum absolute atomic E-state index is 0.0444. The molecule has 1 aromatic heterocycles. The molecule has 0 aliphatic carbocycles. The van der Waals surface area contributed by atoms with Gasteiger partial charge in [-0.05, 0) is 17.7 Å². The van der Waals surface area contributed by atoms with Crippen molar-refractivity contribution in [1.29, 1.82) is 0 Å². The second-order valence-electron chi connectivity index (χ2n) is 1.59. The van der Waals surface area contributed by atoms with Gasteiger partial charge in [0.15, 0.2) is 6.29 Å². The van der Waals surface area contributed by atoms with E-state index in [0.29, 0.717) is 0 Å². The van der Waals surface area contributed by atoms with Crippen molar-refractivity contribution in [2.75, 3.05) is 0 Å². The van der Waals surface area contributed by atoms with Gasteiger partial charge < -0.3 is 4.42 Å². The maximum absolute atomic E-state index is 10.6. The molecule has 3 nitrogen and oxygen atoms in total. The molecule has 0 amide bonds. The van der Waals surface area contributed by atoms with Gasteiger partial charge in [0.25, 0.3) is 0 Å². The van der Waals surface area contributed by atoms with Gasteiger partial charge in [-0.3, -0.25) is 9.59 Å². The highest BCUT2D eigenvalue weighted by Crippen LogP contribution is 2.15. The number of carbonyl (C=O) groups is 2. The lowest BCUT2D eigenvalue weighted by Crippen LogP contribution is -1.97. The van der Waals surface area contributed by atoms with Gasteiger partial charge >= 0.3 is 0 Å². The van der Waals surface area contributed by atoms with Gasteiger partial charge in [-0.2, -0.15) is 0 Å². The molecule has 0 bridgehead atoms. The van der Waals surface area contributed by atoms with Crippen LogP contribution in [0.15, 0.2) is 16.7 Å². The average molecular weight is 159 g/mol. The van der Waals surface area contributed by atoms with E-state index in [4.69, 9.17) is 11.6 Å². The number of carbonyl (C=O) groups excluding carboxylic acids is 2. The van der Waals surface area contributed by atoms with Crippen LogP contribution in [0.4, 0.5) is 0 Å². The van der Waals surface area contributed by atoms with Crippen LogP contribution in [-0.2, 0) is 4.79 Å². The zero-order valence-corrected chi connectivity index (χ0v) is 5.59. The molecule has 0 unspecified atom stereocenters. The molecule has 0 radical (unpaired) electrons. The average Bonchev–Trinajstić information content (AvgIpc) is 2.34. The molecule has 0 saturated carbocycles. The van der Waals surface area contributed by atoms with Crippen molar-refractivity contribution in [1.82, 2.24) is 0 Å². The monoisotopic (exact) mass is 158 g/mol. The fourth-order valence-electron chi connectivity index (χ4n) is 0.533. The van der Waals surface area contributed by atoms with E-state index in [-0.39, 0.29) is 17.1 Å². The summed E-state index contributed by atoms with van der Waals surface area (Å²) in [5.74, 6) is -0.668. The van der Waals surface area contributed by atoms with E-state index in [1.807, 2.05) is 0 Å². The Labute approximate surface area is 61.6 Å². The van der Waals surface area contributed by atoms with Crippen LogP contribution in [0.2, 0.25) is 5.22 Å². The smallest absolute Gasteiger partial charge is 0.230 e. The largest absolute Gasteiger partial charge is 0.452 e. The van der Waals surface area contributed by atoms with Crippen molar-refractivity contribution in [3.63, 3.8) is 0 Å². The van der Waals surface area contributed by atoms with Crippen molar-refractivity contribution in [2.45, 2.75) is 0 Å². The zero-order valence-electron chi connectivity index (χ0n) is 4.83. The van der Waals surface area contributed by atoms with Crippen molar-refractivity contribution in [2.24, 2.45) is 0 Å². The van der Waals surface area contributed by atoms with Gasteiger partial charge in [0, 0.05) is 0 Å². The first kappa shape index (κ1) is 7.02. The first-order valence-corrected chi connectivity index (χ1v) is 2.86. The molecule has 0 N–H and O–H groups in total. The molecule has 0 aliphatic rings.